The molecule has 1 saturated carbocycles. The molecule has 6 rings (SSSR count). The number of H-pyrrole nitrogens is 2. The Morgan fingerprint density at radius 2 is 2.03 bits per heavy atom. The van der Waals surface area contributed by atoms with Crippen LogP contribution < -0.4 is 5.32 Å². The van der Waals surface area contributed by atoms with E-state index in [1.165, 1.54) is 12.7 Å². The van der Waals surface area contributed by atoms with Gasteiger partial charge in [0.25, 0.3) is 5.91 Å². The summed E-state index contributed by atoms with van der Waals surface area (Å²) < 4.78 is 10.1. The number of ether oxygens (including phenoxy) is 2. The Hall–Kier alpha value is -3.86. The summed E-state index contributed by atoms with van der Waals surface area (Å²) >= 11 is 0. The minimum atomic E-state index is -1.14. The van der Waals surface area contributed by atoms with Crippen molar-refractivity contribution in [2.75, 3.05) is 6.61 Å². The van der Waals surface area contributed by atoms with Crippen molar-refractivity contribution in [2.45, 2.75) is 75.8 Å². The van der Waals surface area contributed by atoms with Crippen LogP contribution in [0.2, 0.25) is 0 Å². The lowest BCUT2D eigenvalue weighted by atomic mass is 9.83. The predicted molar refractivity (Wildman–Crippen MR) is 140 cm³/mol. The summed E-state index contributed by atoms with van der Waals surface area (Å²) in [4.78, 5) is 51.0. The van der Waals surface area contributed by atoms with Gasteiger partial charge in [0.05, 0.1) is 12.4 Å². The van der Waals surface area contributed by atoms with Crippen molar-refractivity contribution >= 4 is 28.9 Å². The van der Waals surface area contributed by atoms with E-state index >= 15 is 0 Å². The highest BCUT2D eigenvalue weighted by molar-refractivity contribution is 6.05. The van der Waals surface area contributed by atoms with Gasteiger partial charge >= 0.3 is 6.16 Å². The number of nitrogens with one attached hydrogen (secondary N) is 3. The second-order valence-electron chi connectivity index (χ2n) is 10.8. The summed E-state index contributed by atoms with van der Waals surface area (Å²) in [5.74, 6) is -0.289. The third-order valence-corrected chi connectivity index (χ3v) is 8.31. The number of aromatic nitrogens is 3. The number of amides is 2. The first kappa shape index (κ1) is 25.4. The number of hydrogen-bond acceptors (Lipinski definition) is 7. The molecule has 4 N–H and O–H groups in total. The summed E-state index contributed by atoms with van der Waals surface area (Å²) in [5.41, 5.74) is 2.96. The Morgan fingerprint density at radius 3 is 2.77 bits per heavy atom. The van der Waals surface area contributed by atoms with Crippen LogP contribution in [0.4, 0.5) is 4.79 Å². The fraction of sp³-hybridized carbons (Fsp3) is 0.500. The number of carbonyl (C=O) groups is 3. The molecule has 1 aromatic carbocycles. The van der Waals surface area contributed by atoms with Gasteiger partial charge in [0.15, 0.2) is 6.10 Å². The van der Waals surface area contributed by atoms with Crippen LogP contribution in [0.15, 0.2) is 36.8 Å². The normalized spacial score (nSPS) is 21.9. The van der Waals surface area contributed by atoms with Gasteiger partial charge in [-0.3, -0.25) is 9.59 Å². The van der Waals surface area contributed by atoms with E-state index in [-0.39, 0.29) is 31.4 Å². The van der Waals surface area contributed by atoms with Crippen molar-refractivity contribution in [1.82, 2.24) is 25.2 Å². The number of aromatic amines is 2. The number of para-hydroxylation sites is 1. The van der Waals surface area contributed by atoms with Crippen LogP contribution >= 0.6 is 0 Å². The molecule has 1 aliphatic carbocycles. The Labute approximate surface area is 225 Å². The fourth-order valence-electron chi connectivity index (χ4n) is 6.25. The van der Waals surface area contributed by atoms with Crippen LogP contribution in [-0.2, 0) is 27.2 Å². The first-order valence-corrected chi connectivity index (χ1v) is 13.7. The minimum Gasteiger partial charge on any atom is -0.430 e. The third-order valence-electron chi connectivity index (χ3n) is 8.31. The highest BCUT2D eigenvalue weighted by Gasteiger charge is 2.42. The number of cyclic esters (lactones) is 2. The standard InChI is InChI=1S/C28H33N5O6/c34-25(23-14-38-28(37)39-23)21(10-16-6-2-1-3-7-16)32-26(35)22(11-17-12-29-15-30-17)33-13-19-18-8-4-5-9-20(18)31-24(19)27(33)36/h4-5,8-9,12,15-16,21-23,25,31,34H,1-3,6-7,10-11,13-14H2,(H,29,30)(H,32,35). The van der Waals surface area contributed by atoms with Gasteiger partial charge in [-0.25, -0.2) is 9.78 Å². The Balaban J connectivity index is 1.26. The summed E-state index contributed by atoms with van der Waals surface area (Å²) in [5, 5.41) is 15.2. The molecule has 1 saturated heterocycles. The van der Waals surface area contributed by atoms with Crippen LogP contribution in [0.25, 0.3) is 10.9 Å². The highest BCUT2D eigenvalue weighted by atomic mass is 16.8. The SMILES string of the molecule is O=C1OCC(C(O)C(CC2CCCCC2)NC(=O)C(Cc2cnc[nH]2)N2Cc3c([nH]c4ccccc34)C2=O)O1. The third kappa shape index (κ3) is 5.10. The van der Waals surface area contributed by atoms with Crippen LogP contribution in [0.5, 0.6) is 0 Å². The zero-order valence-electron chi connectivity index (χ0n) is 21.6. The minimum absolute atomic E-state index is 0.0685. The van der Waals surface area contributed by atoms with Gasteiger partial charge in [-0.15, -0.1) is 0 Å². The molecule has 39 heavy (non-hydrogen) atoms. The van der Waals surface area contributed by atoms with Crippen LogP contribution in [0.3, 0.4) is 0 Å². The van der Waals surface area contributed by atoms with Crippen molar-refractivity contribution in [2.24, 2.45) is 5.92 Å². The van der Waals surface area contributed by atoms with Crippen molar-refractivity contribution < 1.29 is 29.0 Å². The van der Waals surface area contributed by atoms with Crippen molar-refractivity contribution in [1.29, 1.82) is 0 Å². The average Bonchev–Trinajstić information content (AvgIpc) is 3.74. The summed E-state index contributed by atoms with van der Waals surface area (Å²) in [6.07, 6.45) is 6.57. The van der Waals surface area contributed by atoms with Crippen LogP contribution in [0, 0.1) is 5.92 Å². The molecule has 4 unspecified atom stereocenters. The van der Waals surface area contributed by atoms with Crippen molar-refractivity contribution in [3.8, 4) is 0 Å². The zero-order chi connectivity index (χ0) is 26.9. The first-order chi connectivity index (χ1) is 19.0. The van der Waals surface area contributed by atoms with Crippen LogP contribution in [-0.4, -0.2) is 73.8 Å². The zero-order valence-corrected chi connectivity index (χ0v) is 21.6. The Kier molecular flexibility index (Phi) is 6.99. The molecule has 0 spiro atoms. The van der Waals surface area contributed by atoms with Gasteiger partial charge < -0.3 is 34.8 Å². The molecule has 2 amide bonds. The number of aliphatic hydroxyl groups excluding tert-OH is 1. The van der Waals surface area contributed by atoms with Gasteiger partial charge in [-0.1, -0.05) is 50.3 Å². The molecule has 2 aromatic heterocycles. The summed E-state index contributed by atoms with van der Waals surface area (Å²) in [7, 11) is 0. The highest BCUT2D eigenvalue weighted by Crippen LogP contribution is 2.33. The van der Waals surface area contributed by atoms with Gasteiger partial charge in [0.2, 0.25) is 5.91 Å². The van der Waals surface area contributed by atoms with E-state index in [9.17, 15) is 19.5 Å². The van der Waals surface area contributed by atoms with E-state index in [0.29, 0.717) is 23.7 Å². The first-order valence-electron chi connectivity index (χ1n) is 13.7. The fourth-order valence-corrected chi connectivity index (χ4v) is 6.25. The number of fused-ring (bicyclic) bond motifs is 3. The summed E-state index contributed by atoms with van der Waals surface area (Å²) in [6, 6.07) is 6.22. The van der Waals surface area contributed by atoms with Gasteiger partial charge in [0, 0.05) is 41.3 Å². The number of hydrogen-bond donors (Lipinski definition) is 4. The lowest BCUT2D eigenvalue weighted by molar-refractivity contribution is -0.128. The second kappa shape index (κ2) is 10.7. The smallest absolute Gasteiger partial charge is 0.430 e. The maximum Gasteiger partial charge on any atom is 0.508 e. The van der Waals surface area contributed by atoms with Crippen molar-refractivity contribution in [3.63, 3.8) is 0 Å². The molecule has 3 aromatic rings. The maximum atomic E-state index is 14.0. The quantitative estimate of drug-likeness (QED) is 0.308. The molecule has 0 radical (unpaired) electrons. The van der Waals surface area contributed by atoms with E-state index in [2.05, 4.69) is 20.3 Å². The molecule has 3 aliphatic rings. The predicted octanol–water partition coefficient (Wildman–Crippen LogP) is 2.81. The van der Waals surface area contributed by atoms with E-state index in [4.69, 9.17) is 9.47 Å². The van der Waals surface area contributed by atoms with E-state index in [0.717, 1.165) is 42.1 Å². The Morgan fingerprint density at radius 1 is 1.21 bits per heavy atom. The number of benzene rings is 1. The average molecular weight is 536 g/mol. The van der Waals surface area contributed by atoms with E-state index in [1.54, 1.807) is 11.1 Å². The molecule has 4 heterocycles. The molecule has 11 heteroatoms. The Bertz CT molecular complexity index is 1350. The van der Waals surface area contributed by atoms with E-state index < -0.39 is 30.4 Å². The van der Waals surface area contributed by atoms with Gasteiger partial charge in [-0.2, -0.15) is 0 Å². The molecular formula is C28H33N5O6. The monoisotopic (exact) mass is 535 g/mol. The number of aliphatic hydroxyl groups is 1. The summed E-state index contributed by atoms with van der Waals surface area (Å²) in [6.45, 7) is 0.218. The molecule has 2 fully saturated rings. The largest absolute Gasteiger partial charge is 0.508 e. The topological polar surface area (TPSA) is 150 Å². The molecular weight excluding hydrogens is 502 g/mol. The molecule has 0 bridgehead atoms. The number of imidazole rings is 1. The number of nitrogens with zero attached hydrogens (tertiary/aromatic N) is 2. The van der Waals surface area contributed by atoms with Crippen molar-refractivity contribution in [3.05, 3.63) is 53.7 Å². The molecule has 206 valence electrons. The van der Waals surface area contributed by atoms with Gasteiger partial charge in [0.1, 0.15) is 24.4 Å². The molecule has 4 atom stereocenters. The van der Waals surface area contributed by atoms with Gasteiger partial charge in [-0.05, 0) is 18.4 Å². The number of carbonyl (C=O) groups excluding carboxylic acids is 3. The molecule has 2 aliphatic heterocycles. The van der Waals surface area contributed by atoms with Crippen LogP contribution in [0.1, 0.15) is 60.3 Å². The lowest BCUT2D eigenvalue weighted by Crippen LogP contribution is -2.56. The lowest BCUT2D eigenvalue weighted by Gasteiger charge is -2.34. The maximum absolute atomic E-state index is 14.0. The molecule has 11 nitrogen and oxygen atoms in total. The number of rotatable bonds is 9. The second-order valence-corrected chi connectivity index (χ2v) is 10.8. The van der Waals surface area contributed by atoms with E-state index in [1.807, 2.05) is 24.3 Å².